The molecule has 82 valence electrons. The topological polar surface area (TPSA) is 96.6 Å². The van der Waals surface area contributed by atoms with Gasteiger partial charge in [-0.05, 0) is 13.3 Å². The molecule has 4 N–H and O–H groups in total. The lowest BCUT2D eigenvalue weighted by Gasteiger charge is -2.17. The average Bonchev–Trinajstić information content (AvgIpc) is 2.40. The van der Waals surface area contributed by atoms with E-state index in [4.69, 9.17) is 5.84 Å². The number of hydrogen-bond donors (Lipinski definition) is 3. The maximum Gasteiger partial charge on any atom is 0.205 e. The minimum absolute atomic E-state index is 0.102. The van der Waals surface area contributed by atoms with Crippen LogP contribution in [-0.4, -0.2) is 38.5 Å². The summed E-state index contributed by atoms with van der Waals surface area (Å²) in [6.45, 7) is 1.70. The van der Waals surface area contributed by atoms with Gasteiger partial charge in [-0.2, -0.15) is 0 Å². The van der Waals surface area contributed by atoms with E-state index in [2.05, 4.69) is 15.7 Å². The summed E-state index contributed by atoms with van der Waals surface area (Å²) in [4.78, 5) is 3.83. The van der Waals surface area contributed by atoms with E-state index in [1.165, 1.54) is 0 Å². The number of nitrogens with one attached hydrogen (secondary N) is 2. The number of sulfone groups is 1. The van der Waals surface area contributed by atoms with Crippen LogP contribution in [0.4, 0.5) is 0 Å². The zero-order valence-electron chi connectivity index (χ0n) is 8.32. The summed E-state index contributed by atoms with van der Waals surface area (Å²) in [5.41, 5.74) is 2.37. The van der Waals surface area contributed by atoms with Crippen molar-refractivity contribution in [3.05, 3.63) is 0 Å². The van der Waals surface area contributed by atoms with E-state index in [0.29, 0.717) is 12.4 Å². The van der Waals surface area contributed by atoms with Gasteiger partial charge in [-0.15, -0.1) is 0 Å². The van der Waals surface area contributed by atoms with Gasteiger partial charge in [0.25, 0.3) is 0 Å². The first-order chi connectivity index (χ1) is 6.51. The van der Waals surface area contributed by atoms with E-state index in [1.54, 1.807) is 14.0 Å². The first kappa shape index (κ1) is 11.3. The molecule has 1 aliphatic rings. The van der Waals surface area contributed by atoms with Crippen LogP contribution in [0.1, 0.15) is 13.3 Å². The first-order valence-electron chi connectivity index (χ1n) is 4.42. The third-order valence-electron chi connectivity index (χ3n) is 2.53. The van der Waals surface area contributed by atoms with Crippen molar-refractivity contribution in [3.8, 4) is 0 Å². The fourth-order valence-corrected chi connectivity index (χ4v) is 3.16. The Morgan fingerprint density at radius 2 is 2.21 bits per heavy atom. The summed E-state index contributed by atoms with van der Waals surface area (Å²) in [5.74, 6) is 5.83. The number of guanidine groups is 1. The maximum atomic E-state index is 11.4. The molecule has 0 aromatic heterocycles. The molecular weight excluding hydrogens is 204 g/mol. The van der Waals surface area contributed by atoms with Gasteiger partial charge in [0, 0.05) is 13.1 Å². The molecule has 1 rings (SSSR count). The molecule has 1 heterocycles. The third kappa shape index (κ3) is 2.16. The van der Waals surface area contributed by atoms with E-state index in [0.717, 1.165) is 0 Å². The summed E-state index contributed by atoms with van der Waals surface area (Å²) in [6, 6.07) is -0.102. The van der Waals surface area contributed by atoms with E-state index in [9.17, 15) is 8.42 Å². The van der Waals surface area contributed by atoms with Crippen LogP contribution in [0.2, 0.25) is 0 Å². The van der Waals surface area contributed by atoms with Crippen molar-refractivity contribution in [2.75, 3.05) is 12.8 Å². The highest BCUT2D eigenvalue weighted by atomic mass is 32.2. The maximum absolute atomic E-state index is 11.4. The monoisotopic (exact) mass is 220 g/mol. The molecule has 0 spiro atoms. The first-order valence-corrected chi connectivity index (χ1v) is 6.14. The summed E-state index contributed by atoms with van der Waals surface area (Å²) in [7, 11) is -1.34. The predicted molar refractivity (Wildman–Crippen MR) is 55.5 cm³/mol. The lowest BCUT2D eigenvalue weighted by molar-refractivity contribution is 0.568. The zero-order valence-corrected chi connectivity index (χ0v) is 9.13. The second-order valence-electron chi connectivity index (χ2n) is 3.33. The molecule has 0 aromatic carbocycles. The van der Waals surface area contributed by atoms with E-state index in [1.807, 2.05) is 0 Å². The molecule has 6 nitrogen and oxygen atoms in total. The predicted octanol–water partition coefficient (Wildman–Crippen LogP) is -1.40. The van der Waals surface area contributed by atoms with Gasteiger partial charge in [-0.25, -0.2) is 14.3 Å². The van der Waals surface area contributed by atoms with E-state index < -0.39 is 9.84 Å². The summed E-state index contributed by atoms with van der Waals surface area (Å²) in [5, 5.41) is 2.57. The van der Waals surface area contributed by atoms with Gasteiger partial charge >= 0.3 is 0 Å². The molecular formula is C7H16N4O2S. The Balaban J connectivity index is 2.65. The van der Waals surface area contributed by atoms with Crippen LogP contribution >= 0.6 is 0 Å². The quantitative estimate of drug-likeness (QED) is 0.219. The Labute approximate surface area is 83.9 Å². The molecule has 7 heteroatoms. The summed E-state index contributed by atoms with van der Waals surface area (Å²) >= 11 is 0. The Morgan fingerprint density at radius 3 is 2.57 bits per heavy atom. The summed E-state index contributed by atoms with van der Waals surface area (Å²) in [6.07, 6.45) is 0.601. The second kappa shape index (κ2) is 4.14. The van der Waals surface area contributed by atoms with Crippen LogP contribution in [-0.2, 0) is 9.84 Å². The van der Waals surface area contributed by atoms with Gasteiger partial charge in [0.05, 0.1) is 11.0 Å². The smallest absolute Gasteiger partial charge is 0.205 e. The zero-order chi connectivity index (χ0) is 10.8. The third-order valence-corrected chi connectivity index (χ3v) is 4.80. The molecule has 0 amide bonds. The van der Waals surface area contributed by atoms with Gasteiger partial charge in [0.15, 0.2) is 9.84 Å². The molecule has 0 aromatic rings. The molecule has 0 bridgehead atoms. The SMILES string of the molecule is CN=C(NN)NC1CCS(=O)(=O)C1C. The van der Waals surface area contributed by atoms with Crippen LogP contribution in [0.15, 0.2) is 4.99 Å². The molecule has 0 radical (unpaired) electrons. The van der Waals surface area contributed by atoms with E-state index in [-0.39, 0.29) is 17.0 Å². The Hall–Kier alpha value is -0.820. The fraction of sp³-hybridized carbons (Fsp3) is 0.857. The second-order valence-corrected chi connectivity index (χ2v) is 5.81. The van der Waals surface area contributed by atoms with Gasteiger partial charge in [-0.1, -0.05) is 0 Å². The fourth-order valence-electron chi connectivity index (χ4n) is 1.50. The van der Waals surface area contributed by atoms with E-state index >= 15 is 0 Å². The Bertz CT molecular complexity index is 325. The molecule has 1 fully saturated rings. The highest BCUT2D eigenvalue weighted by Gasteiger charge is 2.36. The minimum Gasteiger partial charge on any atom is -0.351 e. The number of nitrogens with zero attached hydrogens (tertiary/aromatic N) is 1. The Morgan fingerprint density at radius 1 is 1.57 bits per heavy atom. The molecule has 1 aliphatic heterocycles. The van der Waals surface area contributed by atoms with Crippen LogP contribution in [0.3, 0.4) is 0 Å². The molecule has 14 heavy (non-hydrogen) atoms. The average molecular weight is 220 g/mol. The van der Waals surface area contributed by atoms with Crippen molar-refractivity contribution in [2.45, 2.75) is 24.6 Å². The lowest BCUT2D eigenvalue weighted by Crippen LogP contribution is -2.48. The number of hydrogen-bond acceptors (Lipinski definition) is 4. The van der Waals surface area contributed by atoms with Crippen molar-refractivity contribution >= 4 is 15.8 Å². The largest absolute Gasteiger partial charge is 0.351 e. The van der Waals surface area contributed by atoms with Gasteiger partial charge in [-0.3, -0.25) is 10.4 Å². The number of nitrogens with two attached hydrogens (primary N) is 1. The number of rotatable bonds is 1. The molecule has 0 aliphatic carbocycles. The highest BCUT2D eigenvalue weighted by Crippen LogP contribution is 2.19. The number of aliphatic imine (C=N–C) groups is 1. The molecule has 1 saturated heterocycles. The minimum atomic E-state index is -2.92. The van der Waals surface area contributed by atoms with Crippen LogP contribution < -0.4 is 16.6 Å². The molecule has 2 atom stereocenters. The van der Waals surface area contributed by atoms with Crippen LogP contribution in [0.5, 0.6) is 0 Å². The van der Waals surface area contributed by atoms with Gasteiger partial charge in [0.1, 0.15) is 0 Å². The lowest BCUT2D eigenvalue weighted by atomic mass is 10.2. The van der Waals surface area contributed by atoms with Crippen molar-refractivity contribution < 1.29 is 8.42 Å². The van der Waals surface area contributed by atoms with Gasteiger partial charge < -0.3 is 5.32 Å². The highest BCUT2D eigenvalue weighted by molar-refractivity contribution is 7.92. The van der Waals surface area contributed by atoms with Crippen molar-refractivity contribution in [1.29, 1.82) is 0 Å². The molecule has 2 unspecified atom stereocenters. The normalized spacial score (nSPS) is 31.5. The van der Waals surface area contributed by atoms with Crippen LogP contribution in [0.25, 0.3) is 0 Å². The Kier molecular flexibility index (Phi) is 3.33. The molecule has 0 saturated carbocycles. The number of hydrazine groups is 1. The van der Waals surface area contributed by atoms with Gasteiger partial charge in [0.2, 0.25) is 5.96 Å². The standard InChI is InChI=1S/C7H16N4O2S/c1-5-6(3-4-14(5,12)13)10-7(9-2)11-8/h5-6H,3-4,8H2,1-2H3,(H2,9,10,11). The van der Waals surface area contributed by atoms with Crippen molar-refractivity contribution in [2.24, 2.45) is 10.8 Å². The van der Waals surface area contributed by atoms with Crippen LogP contribution in [0, 0.1) is 0 Å². The summed E-state index contributed by atoms with van der Waals surface area (Å²) < 4.78 is 22.8. The van der Waals surface area contributed by atoms with Crippen molar-refractivity contribution in [3.63, 3.8) is 0 Å². The van der Waals surface area contributed by atoms with Crippen molar-refractivity contribution in [1.82, 2.24) is 10.7 Å².